The molecule has 1 aromatic carbocycles. The number of benzene rings is 1. The van der Waals surface area contributed by atoms with Crippen molar-refractivity contribution in [3.63, 3.8) is 0 Å². The number of carboxylic acid groups (broad SMARTS) is 1. The maximum absolute atomic E-state index is 12.4. The maximum atomic E-state index is 12.4. The van der Waals surface area contributed by atoms with Gasteiger partial charge in [0.15, 0.2) is 6.10 Å². The Labute approximate surface area is 148 Å². The number of ketones is 1. The Bertz CT molecular complexity index is 725. The second kappa shape index (κ2) is 5.86. The zero-order valence-corrected chi connectivity index (χ0v) is 15.0. The van der Waals surface area contributed by atoms with Crippen LogP contribution in [0.4, 0.5) is 0 Å². The van der Waals surface area contributed by atoms with Crippen LogP contribution in [-0.4, -0.2) is 23.0 Å². The summed E-state index contributed by atoms with van der Waals surface area (Å²) in [5.74, 6) is 1.86. The first-order chi connectivity index (χ1) is 11.9. The van der Waals surface area contributed by atoms with Crippen molar-refractivity contribution in [3.8, 4) is 5.75 Å². The molecule has 0 saturated heterocycles. The van der Waals surface area contributed by atoms with Gasteiger partial charge in [0.25, 0.3) is 0 Å². The molecule has 0 spiro atoms. The molecule has 0 amide bonds. The minimum atomic E-state index is -0.949. The number of fused-ring (bicyclic) bond motifs is 5. The molecule has 0 radical (unpaired) electrons. The van der Waals surface area contributed by atoms with Crippen molar-refractivity contribution in [1.29, 1.82) is 0 Å². The predicted octanol–water partition coefficient (Wildman–Crippen LogP) is 3.96. The Hall–Kier alpha value is -1.84. The molecule has 1 unspecified atom stereocenters. The van der Waals surface area contributed by atoms with Gasteiger partial charge in [-0.05, 0) is 80.0 Å². The summed E-state index contributed by atoms with van der Waals surface area (Å²) in [7, 11) is 0. The Balaban J connectivity index is 1.59. The molecule has 134 valence electrons. The summed E-state index contributed by atoms with van der Waals surface area (Å²) in [5.41, 5.74) is 2.61. The molecule has 0 aromatic heterocycles. The molecule has 4 nitrogen and oxygen atoms in total. The highest BCUT2D eigenvalue weighted by atomic mass is 16.5. The van der Waals surface area contributed by atoms with Crippen molar-refractivity contribution in [2.24, 2.45) is 17.3 Å². The van der Waals surface area contributed by atoms with Gasteiger partial charge in [-0.1, -0.05) is 13.0 Å². The van der Waals surface area contributed by atoms with E-state index in [1.807, 2.05) is 12.1 Å². The first kappa shape index (κ1) is 16.6. The summed E-state index contributed by atoms with van der Waals surface area (Å²) in [4.78, 5) is 23.4. The summed E-state index contributed by atoms with van der Waals surface area (Å²) in [5, 5.41) is 9.02. The second-order valence-corrected chi connectivity index (χ2v) is 8.29. The SMILES string of the molecule is CC(Oc1ccc2c(c1)CC[C@@H]1[C@@H]2CC[C@]2(C)C(=O)CC[C@@H]12)C(=O)O. The number of hydrogen-bond acceptors (Lipinski definition) is 3. The Kier molecular flexibility index (Phi) is 3.89. The lowest BCUT2D eigenvalue weighted by atomic mass is 9.55. The summed E-state index contributed by atoms with van der Waals surface area (Å²) in [6.07, 6.45) is 5.20. The normalized spacial score (nSPS) is 34.6. The van der Waals surface area contributed by atoms with Crippen LogP contribution in [0.1, 0.15) is 63.0 Å². The van der Waals surface area contributed by atoms with Gasteiger partial charge in [-0.25, -0.2) is 4.79 Å². The molecule has 0 aliphatic heterocycles. The van der Waals surface area contributed by atoms with E-state index < -0.39 is 12.1 Å². The van der Waals surface area contributed by atoms with Crippen molar-refractivity contribution >= 4 is 11.8 Å². The number of hydrogen-bond donors (Lipinski definition) is 1. The van der Waals surface area contributed by atoms with Gasteiger partial charge in [0.05, 0.1) is 0 Å². The summed E-state index contributed by atoms with van der Waals surface area (Å²) in [6.45, 7) is 3.75. The highest BCUT2D eigenvalue weighted by Crippen LogP contribution is 2.59. The topological polar surface area (TPSA) is 63.6 Å². The number of aryl methyl sites for hydroxylation is 1. The van der Waals surface area contributed by atoms with Crippen LogP contribution in [0.25, 0.3) is 0 Å². The minimum Gasteiger partial charge on any atom is -0.479 e. The average molecular weight is 342 g/mol. The number of carbonyl (C=O) groups excluding carboxylic acids is 1. The highest BCUT2D eigenvalue weighted by Gasteiger charge is 2.54. The molecule has 4 rings (SSSR count). The van der Waals surface area contributed by atoms with Crippen molar-refractivity contribution < 1.29 is 19.4 Å². The lowest BCUT2D eigenvalue weighted by molar-refractivity contribution is -0.144. The predicted molar refractivity (Wildman–Crippen MR) is 93.8 cm³/mol. The zero-order chi connectivity index (χ0) is 17.8. The van der Waals surface area contributed by atoms with Crippen molar-refractivity contribution in [3.05, 3.63) is 29.3 Å². The smallest absolute Gasteiger partial charge is 0.344 e. The Morgan fingerprint density at radius 2 is 2.08 bits per heavy atom. The Morgan fingerprint density at radius 1 is 1.28 bits per heavy atom. The fraction of sp³-hybridized carbons (Fsp3) is 0.619. The van der Waals surface area contributed by atoms with E-state index in [1.165, 1.54) is 11.1 Å². The second-order valence-electron chi connectivity index (χ2n) is 8.29. The van der Waals surface area contributed by atoms with Crippen LogP contribution in [0, 0.1) is 17.3 Å². The fourth-order valence-corrected chi connectivity index (χ4v) is 5.66. The third-order valence-electron chi connectivity index (χ3n) is 7.07. The van der Waals surface area contributed by atoms with Crippen LogP contribution in [-0.2, 0) is 16.0 Å². The first-order valence-corrected chi connectivity index (χ1v) is 9.46. The molecule has 0 bridgehead atoms. The average Bonchev–Trinajstić information content (AvgIpc) is 2.89. The number of carbonyl (C=O) groups is 2. The molecule has 4 heteroatoms. The molecular formula is C21H26O4. The van der Waals surface area contributed by atoms with E-state index in [4.69, 9.17) is 9.84 Å². The monoisotopic (exact) mass is 342 g/mol. The van der Waals surface area contributed by atoms with E-state index in [9.17, 15) is 9.59 Å². The van der Waals surface area contributed by atoms with Crippen LogP contribution in [0.5, 0.6) is 5.75 Å². The lowest BCUT2D eigenvalue weighted by Gasteiger charge is -2.48. The van der Waals surface area contributed by atoms with E-state index in [2.05, 4.69) is 13.0 Å². The molecule has 3 aliphatic rings. The van der Waals surface area contributed by atoms with Crippen LogP contribution in [0.15, 0.2) is 18.2 Å². The number of aliphatic carboxylic acids is 1. The Morgan fingerprint density at radius 3 is 2.84 bits per heavy atom. The lowest BCUT2D eigenvalue weighted by Crippen LogP contribution is -2.42. The summed E-state index contributed by atoms with van der Waals surface area (Å²) < 4.78 is 5.53. The fourth-order valence-electron chi connectivity index (χ4n) is 5.66. The van der Waals surface area contributed by atoms with E-state index >= 15 is 0 Å². The van der Waals surface area contributed by atoms with Gasteiger partial charge in [-0.2, -0.15) is 0 Å². The summed E-state index contributed by atoms with van der Waals surface area (Å²) in [6, 6.07) is 6.07. The first-order valence-electron chi connectivity index (χ1n) is 9.46. The number of rotatable bonds is 3. The quantitative estimate of drug-likeness (QED) is 0.903. The van der Waals surface area contributed by atoms with E-state index in [-0.39, 0.29) is 5.41 Å². The van der Waals surface area contributed by atoms with E-state index in [0.717, 1.165) is 38.5 Å². The largest absolute Gasteiger partial charge is 0.479 e. The van der Waals surface area contributed by atoms with Crippen LogP contribution < -0.4 is 4.74 Å². The van der Waals surface area contributed by atoms with Gasteiger partial charge in [-0.3, -0.25) is 4.79 Å². The number of carboxylic acids is 1. The molecule has 1 aromatic rings. The molecule has 5 atom stereocenters. The molecule has 25 heavy (non-hydrogen) atoms. The minimum absolute atomic E-state index is 0.0847. The van der Waals surface area contributed by atoms with Gasteiger partial charge in [-0.15, -0.1) is 0 Å². The standard InChI is InChI=1S/C21H26O4/c1-12(20(23)24)25-14-4-6-15-13(11-14)3-5-17-16(15)9-10-21(2)18(17)7-8-19(21)22/h4,6,11-12,16-18H,3,5,7-10H2,1-2H3,(H,23,24)/t12?,16-,17-,18+,21+/m1/s1. The molecule has 1 N–H and O–H groups in total. The van der Waals surface area contributed by atoms with E-state index in [0.29, 0.717) is 29.3 Å². The summed E-state index contributed by atoms with van der Waals surface area (Å²) >= 11 is 0. The third-order valence-corrected chi connectivity index (χ3v) is 7.07. The van der Waals surface area contributed by atoms with Crippen molar-refractivity contribution in [2.75, 3.05) is 0 Å². The molecule has 2 saturated carbocycles. The van der Waals surface area contributed by atoms with Gasteiger partial charge >= 0.3 is 5.97 Å². The van der Waals surface area contributed by atoms with Crippen molar-refractivity contribution in [1.82, 2.24) is 0 Å². The zero-order valence-electron chi connectivity index (χ0n) is 15.0. The molecular weight excluding hydrogens is 316 g/mol. The van der Waals surface area contributed by atoms with Gasteiger partial charge in [0, 0.05) is 11.8 Å². The van der Waals surface area contributed by atoms with Gasteiger partial charge in [0.2, 0.25) is 0 Å². The molecule has 0 heterocycles. The van der Waals surface area contributed by atoms with Crippen LogP contribution >= 0.6 is 0 Å². The molecule has 3 aliphatic carbocycles. The van der Waals surface area contributed by atoms with E-state index in [1.54, 1.807) is 6.92 Å². The third kappa shape index (κ3) is 2.57. The van der Waals surface area contributed by atoms with Gasteiger partial charge in [0.1, 0.15) is 11.5 Å². The maximum Gasteiger partial charge on any atom is 0.344 e. The van der Waals surface area contributed by atoms with Crippen molar-refractivity contribution in [2.45, 2.75) is 64.4 Å². The highest BCUT2D eigenvalue weighted by molar-refractivity contribution is 5.87. The number of Topliss-reactive ketones (excluding diaryl/α,β-unsaturated/α-hetero) is 1. The number of ether oxygens (including phenoxy) is 1. The van der Waals surface area contributed by atoms with Crippen LogP contribution in [0.3, 0.4) is 0 Å². The van der Waals surface area contributed by atoms with Gasteiger partial charge < -0.3 is 9.84 Å². The molecule has 2 fully saturated rings. The van der Waals surface area contributed by atoms with Crippen LogP contribution in [0.2, 0.25) is 0 Å².